The monoisotopic (exact) mass is 321 g/mol. The maximum absolute atomic E-state index is 5.60. The van der Waals surface area contributed by atoms with Crippen LogP contribution in [0.15, 0.2) is 34.5 Å². The fraction of sp³-hybridized carbons (Fsp3) is 0.375. The third-order valence-corrected chi connectivity index (χ3v) is 5.33. The number of hydrogen-bond donors (Lipinski definition) is 1. The van der Waals surface area contributed by atoms with E-state index in [0.717, 1.165) is 30.3 Å². The minimum absolute atomic E-state index is 0.642. The van der Waals surface area contributed by atoms with E-state index in [-0.39, 0.29) is 0 Å². The number of nitrogens with one attached hydrogen (secondary N) is 1. The first-order valence-corrected chi connectivity index (χ1v) is 8.95. The van der Waals surface area contributed by atoms with E-state index in [1.165, 1.54) is 15.3 Å². The molecule has 0 spiro atoms. The van der Waals surface area contributed by atoms with E-state index in [9.17, 15) is 0 Å². The van der Waals surface area contributed by atoms with Crippen LogP contribution >= 0.6 is 23.1 Å². The fourth-order valence-electron chi connectivity index (χ4n) is 2.14. The van der Waals surface area contributed by atoms with Crippen molar-refractivity contribution in [3.8, 4) is 11.5 Å². The van der Waals surface area contributed by atoms with Crippen LogP contribution in [0.3, 0.4) is 0 Å². The first-order chi connectivity index (χ1) is 10.3. The SMILES string of the molecule is Cc1ccsc1CNCCSc1ccc2c(c1)OCCO2. The Bertz CT molecular complexity index is 598. The highest BCUT2D eigenvalue weighted by Gasteiger charge is 2.11. The van der Waals surface area contributed by atoms with E-state index in [4.69, 9.17) is 9.47 Å². The van der Waals surface area contributed by atoms with Crippen LogP contribution in [0.2, 0.25) is 0 Å². The molecule has 0 amide bonds. The summed E-state index contributed by atoms with van der Waals surface area (Å²) in [5.74, 6) is 2.77. The molecule has 0 unspecified atom stereocenters. The van der Waals surface area contributed by atoms with Gasteiger partial charge in [0.2, 0.25) is 0 Å². The average Bonchev–Trinajstić information content (AvgIpc) is 2.92. The Balaban J connectivity index is 1.42. The number of rotatable bonds is 6. The first kappa shape index (κ1) is 14.8. The lowest BCUT2D eigenvalue weighted by atomic mass is 10.3. The maximum Gasteiger partial charge on any atom is 0.162 e. The summed E-state index contributed by atoms with van der Waals surface area (Å²) in [7, 11) is 0. The summed E-state index contributed by atoms with van der Waals surface area (Å²) < 4.78 is 11.1. The second kappa shape index (κ2) is 7.20. The molecule has 0 saturated carbocycles. The highest BCUT2D eigenvalue weighted by atomic mass is 32.2. The van der Waals surface area contributed by atoms with Gasteiger partial charge in [-0.15, -0.1) is 23.1 Å². The smallest absolute Gasteiger partial charge is 0.162 e. The lowest BCUT2D eigenvalue weighted by molar-refractivity contribution is 0.171. The highest BCUT2D eigenvalue weighted by Crippen LogP contribution is 2.33. The molecule has 1 aliphatic rings. The zero-order valence-electron chi connectivity index (χ0n) is 12.1. The largest absolute Gasteiger partial charge is 0.486 e. The van der Waals surface area contributed by atoms with Gasteiger partial charge < -0.3 is 14.8 Å². The van der Waals surface area contributed by atoms with Crippen molar-refractivity contribution in [1.82, 2.24) is 5.32 Å². The Hall–Kier alpha value is -1.17. The fourth-order valence-corrected chi connectivity index (χ4v) is 3.85. The van der Waals surface area contributed by atoms with Gasteiger partial charge in [-0.1, -0.05) is 0 Å². The summed E-state index contributed by atoms with van der Waals surface area (Å²) in [6, 6.07) is 8.34. The number of hydrogen-bond acceptors (Lipinski definition) is 5. The molecule has 3 rings (SSSR count). The van der Waals surface area contributed by atoms with E-state index in [1.54, 1.807) is 0 Å². The number of benzene rings is 1. The summed E-state index contributed by atoms with van der Waals surface area (Å²) in [6.45, 7) is 5.41. The predicted octanol–water partition coefficient (Wildman–Crippen LogP) is 3.71. The molecule has 1 aliphatic heterocycles. The molecule has 2 heterocycles. The van der Waals surface area contributed by atoms with E-state index in [1.807, 2.05) is 29.2 Å². The molecule has 1 aromatic carbocycles. The van der Waals surface area contributed by atoms with Gasteiger partial charge in [0.05, 0.1) is 0 Å². The number of fused-ring (bicyclic) bond motifs is 1. The molecule has 1 N–H and O–H groups in total. The van der Waals surface area contributed by atoms with Crippen LogP contribution in [-0.2, 0) is 6.54 Å². The van der Waals surface area contributed by atoms with Crippen LogP contribution in [0, 0.1) is 6.92 Å². The van der Waals surface area contributed by atoms with Gasteiger partial charge in [-0.3, -0.25) is 0 Å². The summed E-state index contributed by atoms with van der Waals surface area (Å²) in [6.07, 6.45) is 0. The van der Waals surface area contributed by atoms with Gasteiger partial charge in [-0.25, -0.2) is 0 Å². The van der Waals surface area contributed by atoms with Crippen molar-refractivity contribution in [3.05, 3.63) is 40.1 Å². The Morgan fingerprint density at radius 1 is 1.19 bits per heavy atom. The van der Waals surface area contributed by atoms with Gasteiger partial charge >= 0.3 is 0 Å². The van der Waals surface area contributed by atoms with Crippen molar-refractivity contribution >= 4 is 23.1 Å². The summed E-state index contributed by atoms with van der Waals surface area (Å²) in [5, 5.41) is 5.64. The topological polar surface area (TPSA) is 30.5 Å². The quantitative estimate of drug-likeness (QED) is 0.649. The van der Waals surface area contributed by atoms with Gasteiger partial charge in [-0.05, 0) is 42.1 Å². The van der Waals surface area contributed by atoms with Crippen molar-refractivity contribution < 1.29 is 9.47 Å². The number of ether oxygens (including phenoxy) is 2. The molecular weight excluding hydrogens is 302 g/mol. The third-order valence-electron chi connectivity index (χ3n) is 3.31. The van der Waals surface area contributed by atoms with Crippen LogP contribution in [0.1, 0.15) is 10.4 Å². The molecule has 3 nitrogen and oxygen atoms in total. The molecule has 0 saturated heterocycles. The van der Waals surface area contributed by atoms with Crippen molar-refractivity contribution in [1.29, 1.82) is 0 Å². The predicted molar refractivity (Wildman–Crippen MR) is 88.9 cm³/mol. The van der Waals surface area contributed by atoms with Crippen LogP contribution < -0.4 is 14.8 Å². The van der Waals surface area contributed by atoms with Crippen LogP contribution in [0.4, 0.5) is 0 Å². The Kier molecular flexibility index (Phi) is 5.06. The second-order valence-electron chi connectivity index (χ2n) is 4.86. The molecule has 5 heteroatoms. The highest BCUT2D eigenvalue weighted by molar-refractivity contribution is 7.99. The zero-order valence-corrected chi connectivity index (χ0v) is 13.7. The molecular formula is C16H19NO2S2. The number of thiophene rings is 1. The van der Waals surface area contributed by atoms with Gasteiger partial charge in [0.15, 0.2) is 11.5 Å². The molecule has 0 atom stereocenters. The Morgan fingerprint density at radius 2 is 2.05 bits per heavy atom. The molecule has 2 aromatic rings. The zero-order chi connectivity index (χ0) is 14.5. The summed E-state index contributed by atoms with van der Waals surface area (Å²) >= 11 is 3.66. The minimum atomic E-state index is 0.642. The average molecular weight is 321 g/mol. The standard InChI is InChI=1S/C16H19NO2S2/c1-12-4-8-21-16(12)11-17-5-9-20-13-2-3-14-15(10-13)19-7-6-18-14/h2-4,8,10,17H,5-7,9,11H2,1H3. The lowest BCUT2D eigenvalue weighted by Gasteiger charge is -2.18. The van der Waals surface area contributed by atoms with Crippen LogP contribution in [-0.4, -0.2) is 25.5 Å². The molecule has 0 aliphatic carbocycles. The number of thioether (sulfide) groups is 1. The van der Waals surface area contributed by atoms with Crippen molar-refractivity contribution in [3.63, 3.8) is 0 Å². The molecule has 112 valence electrons. The van der Waals surface area contributed by atoms with Gasteiger partial charge in [-0.2, -0.15) is 0 Å². The van der Waals surface area contributed by atoms with E-state index in [2.05, 4.69) is 35.8 Å². The van der Waals surface area contributed by atoms with Crippen LogP contribution in [0.25, 0.3) is 0 Å². The molecule has 21 heavy (non-hydrogen) atoms. The normalized spacial score (nSPS) is 13.4. The van der Waals surface area contributed by atoms with Crippen molar-refractivity contribution in [2.24, 2.45) is 0 Å². The van der Waals surface area contributed by atoms with E-state index < -0.39 is 0 Å². The third kappa shape index (κ3) is 3.93. The number of aryl methyl sites for hydroxylation is 1. The molecule has 0 radical (unpaired) electrons. The van der Waals surface area contributed by atoms with Crippen LogP contribution in [0.5, 0.6) is 11.5 Å². The summed E-state index contributed by atoms with van der Waals surface area (Å²) in [5.41, 5.74) is 1.38. The molecule has 0 bridgehead atoms. The summed E-state index contributed by atoms with van der Waals surface area (Å²) in [4.78, 5) is 2.66. The van der Waals surface area contributed by atoms with Gasteiger partial charge in [0.25, 0.3) is 0 Å². The Labute approximate surface area is 133 Å². The van der Waals surface area contributed by atoms with Gasteiger partial charge in [0, 0.05) is 28.6 Å². The van der Waals surface area contributed by atoms with Crippen molar-refractivity contribution in [2.45, 2.75) is 18.4 Å². The van der Waals surface area contributed by atoms with Gasteiger partial charge in [0.1, 0.15) is 13.2 Å². The Morgan fingerprint density at radius 3 is 2.86 bits per heavy atom. The second-order valence-corrected chi connectivity index (χ2v) is 7.03. The lowest BCUT2D eigenvalue weighted by Crippen LogP contribution is -2.16. The first-order valence-electron chi connectivity index (χ1n) is 7.09. The molecule has 0 fully saturated rings. The van der Waals surface area contributed by atoms with Crippen molar-refractivity contribution in [2.75, 3.05) is 25.5 Å². The maximum atomic E-state index is 5.60. The minimum Gasteiger partial charge on any atom is -0.486 e. The van der Waals surface area contributed by atoms with E-state index in [0.29, 0.717) is 13.2 Å². The van der Waals surface area contributed by atoms with E-state index >= 15 is 0 Å². The molecule has 1 aromatic heterocycles.